The lowest BCUT2D eigenvalue weighted by atomic mass is 9.92. The van der Waals surface area contributed by atoms with Crippen molar-refractivity contribution in [1.82, 2.24) is 15.3 Å². The van der Waals surface area contributed by atoms with E-state index in [-0.39, 0.29) is 0 Å². The van der Waals surface area contributed by atoms with Gasteiger partial charge >= 0.3 is 0 Å². The number of rotatable bonds is 5. The minimum absolute atomic E-state index is 0.399. The highest BCUT2D eigenvalue weighted by Crippen LogP contribution is 2.20. The molecule has 1 aliphatic carbocycles. The fourth-order valence-electron chi connectivity index (χ4n) is 2.43. The minimum Gasteiger partial charge on any atom is -0.380 e. The Bertz CT molecular complexity index is 286. The second-order valence-corrected chi connectivity index (χ2v) is 4.45. The summed E-state index contributed by atoms with van der Waals surface area (Å²) in [4.78, 5) is 7.13. The fraction of sp³-hybridized carbons (Fsp3) is 0.750. The quantitative estimate of drug-likeness (QED) is 0.795. The average molecular weight is 223 g/mol. The molecule has 0 bridgehead atoms. The third-order valence-corrected chi connectivity index (χ3v) is 3.36. The first-order valence-corrected chi connectivity index (χ1v) is 6.13. The van der Waals surface area contributed by atoms with Gasteiger partial charge in [0.15, 0.2) is 0 Å². The summed E-state index contributed by atoms with van der Waals surface area (Å²) in [5, 5.41) is 3.59. The standard InChI is InChI=1S/C12H21N3O/c1-16-12-5-3-2-4-11(12)14-7-6-10-8-13-9-15-10/h8-9,11-12,14H,2-7H2,1H3,(H,13,15). The van der Waals surface area contributed by atoms with Gasteiger partial charge in [0.2, 0.25) is 0 Å². The number of aromatic amines is 1. The van der Waals surface area contributed by atoms with E-state index in [0.717, 1.165) is 13.0 Å². The Morgan fingerprint density at radius 2 is 2.38 bits per heavy atom. The second kappa shape index (κ2) is 6.01. The van der Waals surface area contributed by atoms with Crippen molar-refractivity contribution in [3.8, 4) is 0 Å². The summed E-state index contributed by atoms with van der Waals surface area (Å²) in [6, 6.07) is 0.529. The predicted octanol–water partition coefficient (Wildman–Crippen LogP) is 1.50. The molecule has 1 aromatic rings. The summed E-state index contributed by atoms with van der Waals surface area (Å²) in [5.41, 5.74) is 1.19. The Kier molecular flexibility index (Phi) is 4.36. The summed E-state index contributed by atoms with van der Waals surface area (Å²) >= 11 is 0. The molecule has 2 rings (SSSR count). The maximum Gasteiger partial charge on any atom is 0.0921 e. The van der Waals surface area contributed by atoms with Gasteiger partial charge in [-0.05, 0) is 12.8 Å². The highest BCUT2D eigenvalue weighted by atomic mass is 16.5. The van der Waals surface area contributed by atoms with E-state index in [0.29, 0.717) is 12.1 Å². The Hall–Kier alpha value is -0.870. The Labute approximate surface area is 96.8 Å². The molecule has 0 amide bonds. The molecule has 2 N–H and O–H groups in total. The van der Waals surface area contributed by atoms with Gasteiger partial charge in [0.25, 0.3) is 0 Å². The first kappa shape index (κ1) is 11.6. The first-order valence-electron chi connectivity index (χ1n) is 6.13. The molecule has 4 nitrogen and oxygen atoms in total. The van der Waals surface area contributed by atoms with E-state index in [1.165, 1.54) is 31.4 Å². The van der Waals surface area contributed by atoms with E-state index in [9.17, 15) is 0 Å². The summed E-state index contributed by atoms with van der Waals surface area (Å²) < 4.78 is 5.51. The zero-order valence-electron chi connectivity index (χ0n) is 9.91. The number of hydrogen-bond donors (Lipinski definition) is 2. The van der Waals surface area contributed by atoms with E-state index in [2.05, 4.69) is 15.3 Å². The van der Waals surface area contributed by atoms with Gasteiger partial charge in [-0.25, -0.2) is 4.98 Å². The van der Waals surface area contributed by atoms with Crippen LogP contribution in [0.1, 0.15) is 31.4 Å². The van der Waals surface area contributed by atoms with Crippen molar-refractivity contribution in [2.75, 3.05) is 13.7 Å². The van der Waals surface area contributed by atoms with Crippen LogP contribution in [-0.2, 0) is 11.2 Å². The molecule has 1 aromatic heterocycles. The smallest absolute Gasteiger partial charge is 0.0921 e. The van der Waals surface area contributed by atoms with Crippen LogP contribution in [-0.4, -0.2) is 35.8 Å². The number of hydrogen-bond acceptors (Lipinski definition) is 3. The van der Waals surface area contributed by atoms with Gasteiger partial charge < -0.3 is 15.0 Å². The van der Waals surface area contributed by atoms with Gasteiger partial charge in [0, 0.05) is 38.0 Å². The molecule has 2 atom stereocenters. The van der Waals surface area contributed by atoms with Gasteiger partial charge in [-0.15, -0.1) is 0 Å². The Morgan fingerprint density at radius 1 is 1.50 bits per heavy atom. The maximum atomic E-state index is 5.51. The number of methoxy groups -OCH3 is 1. The molecule has 16 heavy (non-hydrogen) atoms. The summed E-state index contributed by atoms with van der Waals surface area (Å²) in [6.07, 6.45) is 10.1. The van der Waals surface area contributed by atoms with Crippen molar-refractivity contribution in [1.29, 1.82) is 0 Å². The number of ether oxygens (including phenoxy) is 1. The number of aromatic nitrogens is 2. The van der Waals surface area contributed by atoms with Crippen molar-refractivity contribution < 1.29 is 4.74 Å². The van der Waals surface area contributed by atoms with Gasteiger partial charge in [0.05, 0.1) is 12.4 Å². The zero-order valence-corrected chi connectivity index (χ0v) is 9.91. The molecule has 1 saturated carbocycles. The number of imidazole rings is 1. The average Bonchev–Trinajstić information content (AvgIpc) is 2.83. The molecule has 1 heterocycles. The molecule has 1 fully saturated rings. The van der Waals surface area contributed by atoms with Gasteiger partial charge in [0.1, 0.15) is 0 Å². The first-order chi connectivity index (χ1) is 7.90. The van der Waals surface area contributed by atoms with Crippen LogP contribution < -0.4 is 5.32 Å². The lowest BCUT2D eigenvalue weighted by Crippen LogP contribution is -2.43. The van der Waals surface area contributed by atoms with Crippen molar-refractivity contribution >= 4 is 0 Å². The number of H-pyrrole nitrogens is 1. The van der Waals surface area contributed by atoms with E-state index in [1.54, 1.807) is 6.33 Å². The SMILES string of the molecule is COC1CCCCC1NCCc1cnc[nH]1. The third kappa shape index (κ3) is 3.06. The lowest BCUT2D eigenvalue weighted by Gasteiger charge is -2.31. The van der Waals surface area contributed by atoms with Gasteiger partial charge in [-0.2, -0.15) is 0 Å². The normalized spacial score (nSPS) is 25.8. The number of nitrogens with zero attached hydrogens (tertiary/aromatic N) is 1. The summed E-state index contributed by atoms with van der Waals surface area (Å²) in [7, 11) is 1.82. The van der Waals surface area contributed by atoms with Crippen molar-refractivity contribution in [3.05, 3.63) is 18.2 Å². The highest BCUT2D eigenvalue weighted by Gasteiger charge is 2.23. The molecule has 0 radical (unpaired) electrons. The third-order valence-electron chi connectivity index (χ3n) is 3.36. The molecule has 0 spiro atoms. The molecule has 1 aliphatic rings. The zero-order chi connectivity index (χ0) is 11.2. The van der Waals surface area contributed by atoms with Crippen molar-refractivity contribution in [3.63, 3.8) is 0 Å². The van der Waals surface area contributed by atoms with E-state index >= 15 is 0 Å². The Balaban J connectivity index is 1.71. The Morgan fingerprint density at radius 3 is 3.12 bits per heavy atom. The largest absolute Gasteiger partial charge is 0.380 e. The molecule has 0 aliphatic heterocycles. The summed E-state index contributed by atoms with van der Waals surface area (Å²) in [5.74, 6) is 0. The monoisotopic (exact) mass is 223 g/mol. The molecule has 2 unspecified atom stereocenters. The predicted molar refractivity (Wildman–Crippen MR) is 63.3 cm³/mol. The van der Waals surface area contributed by atoms with Gasteiger partial charge in [-0.1, -0.05) is 12.8 Å². The van der Waals surface area contributed by atoms with E-state index in [4.69, 9.17) is 4.74 Å². The van der Waals surface area contributed by atoms with Crippen LogP contribution in [0.5, 0.6) is 0 Å². The molecule has 4 heteroatoms. The maximum absolute atomic E-state index is 5.51. The van der Waals surface area contributed by atoms with Crippen LogP contribution in [0.3, 0.4) is 0 Å². The van der Waals surface area contributed by atoms with Gasteiger partial charge in [-0.3, -0.25) is 0 Å². The molecule has 90 valence electrons. The second-order valence-electron chi connectivity index (χ2n) is 4.45. The lowest BCUT2D eigenvalue weighted by molar-refractivity contribution is 0.0421. The van der Waals surface area contributed by atoms with E-state index in [1.807, 2.05) is 13.3 Å². The molecular formula is C12H21N3O. The minimum atomic E-state index is 0.399. The van der Waals surface area contributed by atoms with Crippen LogP contribution in [0.4, 0.5) is 0 Å². The summed E-state index contributed by atoms with van der Waals surface area (Å²) in [6.45, 7) is 0.993. The highest BCUT2D eigenvalue weighted by molar-refractivity contribution is 4.95. The van der Waals surface area contributed by atoms with E-state index < -0.39 is 0 Å². The van der Waals surface area contributed by atoms with Crippen molar-refractivity contribution in [2.45, 2.75) is 44.2 Å². The van der Waals surface area contributed by atoms with Crippen LogP contribution in [0.25, 0.3) is 0 Å². The van der Waals surface area contributed by atoms with Crippen LogP contribution in [0, 0.1) is 0 Å². The molecular weight excluding hydrogens is 202 g/mol. The van der Waals surface area contributed by atoms with Crippen LogP contribution in [0.2, 0.25) is 0 Å². The molecule has 0 saturated heterocycles. The van der Waals surface area contributed by atoms with Crippen LogP contribution in [0.15, 0.2) is 12.5 Å². The fourth-order valence-corrected chi connectivity index (χ4v) is 2.43. The van der Waals surface area contributed by atoms with Crippen LogP contribution >= 0.6 is 0 Å². The number of nitrogens with one attached hydrogen (secondary N) is 2. The van der Waals surface area contributed by atoms with Crippen molar-refractivity contribution in [2.24, 2.45) is 0 Å². The molecule has 0 aromatic carbocycles. The topological polar surface area (TPSA) is 49.9 Å².